The lowest BCUT2D eigenvalue weighted by Gasteiger charge is -2.14. The summed E-state index contributed by atoms with van der Waals surface area (Å²) in [5.74, 6) is 0.818. The molecular formula is C13H23N3S. The molecule has 0 saturated carbocycles. The second-order valence-electron chi connectivity index (χ2n) is 5.06. The van der Waals surface area contributed by atoms with E-state index in [1.165, 1.54) is 35.9 Å². The molecule has 0 radical (unpaired) electrons. The first kappa shape index (κ1) is 12.8. The highest BCUT2D eigenvalue weighted by Gasteiger charge is 2.21. The molecule has 1 aromatic rings. The van der Waals surface area contributed by atoms with Crippen LogP contribution in [0.3, 0.4) is 0 Å². The summed E-state index contributed by atoms with van der Waals surface area (Å²) in [6.07, 6.45) is 4.52. The van der Waals surface area contributed by atoms with Gasteiger partial charge in [0.1, 0.15) is 0 Å². The fourth-order valence-corrected chi connectivity index (χ4v) is 3.17. The predicted molar refractivity (Wildman–Crippen MR) is 74.8 cm³/mol. The van der Waals surface area contributed by atoms with Crippen LogP contribution in [-0.4, -0.2) is 24.6 Å². The Morgan fingerprint density at radius 3 is 3.12 bits per heavy atom. The average Bonchev–Trinajstić information content (AvgIpc) is 2.93. The van der Waals surface area contributed by atoms with Crippen molar-refractivity contribution in [3.63, 3.8) is 0 Å². The summed E-state index contributed by atoms with van der Waals surface area (Å²) in [6.45, 7) is 10.2. The number of hydrogen-bond acceptors (Lipinski definition) is 4. The van der Waals surface area contributed by atoms with Crippen LogP contribution in [0.1, 0.15) is 44.5 Å². The standard InChI is InChI=1S/C13H23N3S/c1-4-6-14-11(3)12-8-15-13(17-12)16-7-5-10(2)9-16/h8,10-11,14H,4-7,9H2,1-3H3. The Hall–Kier alpha value is -0.610. The van der Waals surface area contributed by atoms with Crippen molar-refractivity contribution in [3.8, 4) is 0 Å². The molecule has 0 bridgehead atoms. The first-order valence-electron chi connectivity index (χ1n) is 6.64. The van der Waals surface area contributed by atoms with Gasteiger partial charge in [-0.25, -0.2) is 4.98 Å². The van der Waals surface area contributed by atoms with E-state index in [2.05, 4.69) is 36.0 Å². The Labute approximate surface area is 108 Å². The third-order valence-electron chi connectivity index (χ3n) is 3.33. The molecule has 1 fully saturated rings. The van der Waals surface area contributed by atoms with Crippen LogP contribution < -0.4 is 10.2 Å². The van der Waals surface area contributed by atoms with Gasteiger partial charge in [-0.3, -0.25) is 0 Å². The summed E-state index contributed by atoms with van der Waals surface area (Å²) in [4.78, 5) is 8.34. The molecule has 0 aliphatic carbocycles. The van der Waals surface area contributed by atoms with E-state index in [0.29, 0.717) is 6.04 Å². The summed E-state index contributed by atoms with van der Waals surface area (Å²) in [7, 11) is 0. The van der Waals surface area contributed by atoms with Crippen molar-refractivity contribution in [1.82, 2.24) is 10.3 Å². The van der Waals surface area contributed by atoms with E-state index in [9.17, 15) is 0 Å². The highest BCUT2D eigenvalue weighted by Crippen LogP contribution is 2.30. The summed E-state index contributed by atoms with van der Waals surface area (Å²) < 4.78 is 0. The number of anilines is 1. The van der Waals surface area contributed by atoms with Gasteiger partial charge in [0.15, 0.2) is 5.13 Å². The minimum absolute atomic E-state index is 0.432. The van der Waals surface area contributed by atoms with Gasteiger partial charge in [0, 0.05) is 30.2 Å². The summed E-state index contributed by atoms with van der Waals surface area (Å²) in [6, 6.07) is 0.432. The quantitative estimate of drug-likeness (QED) is 0.874. The third-order valence-corrected chi connectivity index (χ3v) is 4.57. The van der Waals surface area contributed by atoms with Gasteiger partial charge in [-0.05, 0) is 32.2 Å². The number of nitrogens with one attached hydrogen (secondary N) is 1. The molecule has 1 saturated heterocycles. The van der Waals surface area contributed by atoms with Gasteiger partial charge in [0.25, 0.3) is 0 Å². The Kier molecular flexibility index (Phi) is 4.40. The highest BCUT2D eigenvalue weighted by molar-refractivity contribution is 7.15. The van der Waals surface area contributed by atoms with Gasteiger partial charge in [-0.2, -0.15) is 0 Å². The topological polar surface area (TPSA) is 28.2 Å². The van der Waals surface area contributed by atoms with Crippen molar-refractivity contribution in [3.05, 3.63) is 11.1 Å². The smallest absolute Gasteiger partial charge is 0.185 e. The van der Waals surface area contributed by atoms with Gasteiger partial charge >= 0.3 is 0 Å². The molecule has 0 amide bonds. The van der Waals surface area contributed by atoms with E-state index in [4.69, 9.17) is 0 Å². The zero-order valence-corrected chi connectivity index (χ0v) is 11.9. The van der Waals surface area contributed by atoms with E-state index < -0.39 is 0 Å². The predicted octanol–water partition coefficient (Wildman–Crippen LogP) is 3.05. The normalized spacial score (nSPS) is 22.1. The largest absolute Gasteiger partial charge is 0.348 e. The summed E-state index contributed by atoms with van der Waals surface area (Å²) >= 11 is 1.84. The van der Waals surface area contributed by atoms with Gasteiger partial charge in [0.2, 0.25) is 0 Å². The van der Waals surface area contributed by atoms with Crippen LogP contribution in [0.25, 0.3) is 0 Å². The molecule has 0 aromatic carbocycles. The molecular weight excluding hydrogens is 230 g/mol. The highest BCUT2D eigenvalue weighted by atomic mass is 32.1. The number of aromatic nitrogens is 1. The second-order valence-corrected chi connectivity index (χ2v) is 6.10. The average molecular weight is 253 g/mol. The van der Waals surface area contributed by atoms with Crippen LogP contribution in [0.5, 0.6) is 0 Å². The SMILES string of the molecule is CCCNC(C)c1cnc(N2CCC(C)C2)s1. The molecule has 2 heterocycles. The maximum Gasteiger partial charge on any atom is 0.185 e. The van der Waals surface area contributed by atoms with Crippen molar-refractivity contribution in [2.75, 3.05) is 24.5 Å². The fraction of sp³-hybridized carbons (Fsp3) is 0.769. The van der Waals surface area contributed by atoms with Gasteiger partial charge in [0.05, 0.1) is 0 Å². The molecule has 1 aromatic heterocycles. The van der Waals surface area contributed by atoms with Gasteiger partial charge in [-0.15, -0.1) is 11.3 Å². The van der Waals surface area contributed by atoms with Crippen molar-refractivity contribution < 1.29 is 0 Å². The number of rotatable bonds is 5. The van der Waals surface area contributed by atoms with Crippen molar-refractivity contribution >= 4 is 16.5 Å². The van der Waals surface area contributed by atoms with Crippen LogP contribution in [-0.2, 0) is 0 Å². The maximum absolute atomic E-state index is 4.57. The third kappa shape index (κ3) is 3.19. The van der Waals surface area contributed by atoms with Crippen molar-refractivity contribution in [2.45, 2.75) is 39.7 Å². The molecule has 96 valence electrons. The fourth-order valence-electron chi connectivity index (χ4n) is 2.19. The Morgan fingerprint density at radius 1 is 1.65 bits per heavy atom. The Bertz CT molecular complexity index is 350. The summed E-state index contributed by atoms with van der Waals surface area (Å²) in [5, 5.41) is 4.72. The minimum atomic E-state index is 0.432. The molecule has 0 spiro atoms. The first-order valence-corrected chi connectivity index (χ1v) is 7.46. The van der Waals surface area contributed by atoms with Crippen LogP contribution in [0.15, 0.2) is 6.20 Å². The second kappa shape index (κ2) is 5.83. The molecule has 1 aliphatic heterocycles. The van der Waals surface area contributed by atoms with Crippen LogP contribution >= 0.6 is 11.3 Å². The lowest BCUT2D eigenvalue weighted by atomic mass is 10.2. The van der Waals surface area contributed by atoms with E-state index in [1.807, 2.05) is 17.5 Å². The zero-order chi connectivity index (χ0) is 12.3. The molecule has 17 heavy (non-hydrogen) atoms. The Morgan fingerprint density at radius 2 is 2.47 bits per heavy atom. The Balaban J connectivity index is 1.95. The lowest BCUT2D eigenvalue weighted by Crippen LogP contribution is -2.19. The molecule has 2 atom stereocenters. The number of hydrogen-bond donors (Lipinski definition) is 1. The number of thiazole rings is 1. The molecule has 1 aliphatic rings. The van der Waals surface area contributed by atoms with Crippen molar-refractivity contribution in [2.24, 2.45) is 5.92 Å². The molecule has 1 N–H and O–H groups in total. The van der Waals surface area contributed by atoms with Gasteiger partial charge in [-0.1, -0.05) is 13.8 Å². The maximum atomic E-state index is 4.57. The minimum Gasteiger partial charge on any atom is -0.348 e. The first-order chi connectivity index (χ1) is 8.20. The molecule has 2 unspecified atom stereocenters. The van der Waals surface area contributed by atoms with Crippen molar-refractivity contribution in [1.29, 1.82) is 0 Å². The van der Waals surface area contributed by atoms with Crippen LogP contribution in [0.2, 0.25) is 0 Å². The van der Waals surface area contributed by atoms with E-state index in [0.717, 1.165) is 12.5 Å². The summed E-state index contributed by atoms with van der Waals surface area (Å²) in [5.41, 5.74) is 0. The monoisotopic (exact) mass is 253 g/mol. The van der Waals surface area contributed by atoms with E-state index in [1.54, 1.807) is 0 Å². The van der Waals surface area contributed by atoms with Crippen LogP contribution in [0, 0.1) is 5.92 Å². The molecule has 3 nitrogen and oxygen atoms in total. The zero-order valence-electron chi connectivity index (χ0n) is 11.1. The lowest BCUT2D eigenvalue weighted by molar-refractivity contribution is 0.577. The van der Waals surface area contributed by atoms with Gasteiger partial charge < -0.3 is 10.2 Å². The van der Waals surface area contributed by atoms with Crippen LogP contribution in [0.4, 0.5) is 5.13 Å². The number of nitrogens with zero attached hydrogens (tertiary/aromatic N) is 2. The van der Waals surface area contributed by atoms with E-state index >= 15 is 0 Å². The molecule has 2 rings (SSSR count). The van der Waals surface area contributed by atoms with E-state index in [-0.39, 0.29) is 0 Å². The molecule has 4 heteroatoms.